The van der Waals surface area contributed by atoms with Crippen LogP contribution in [0, 0.1) is 11.6 Å². The second kappa shape index (κ2) is 8.87. The molecule has 1 amide bonds. The van der Waals surface area contributed by atoms with Gasteiger partial charge in [0.05, 0.1) is 6.04 Å². The van der Waals surface area contributed by atoms with Crippen molar-refractivity contribution >= 4 is 29.3 Å². The zero-order valence-corrected chi connectivity index (χ0v) is 16.6. The van der Waals surface area contributed by atoms with Gasteiger partial charge in [0.15, 0.2) is 0 Å². The number of rotatable bonds is 6. The Kier molecular flexibility index (Phi) is 7.07. The number of nitrogens with one attached hydrogen (secondary N) is 1. The van der Waals surface area contributed by atoms with Gasteiger partial charge < -0.3 is 5.32 Å². The molecule has 0 saturated heterocycles. The van der Waals surface area contributed by atoms with Crippen molar-refractivity contribution in [2.24, 2.45) is 0 Å². The molecule has 2 aromatic carbocycles. The van der Waals surface area contributed by atoms with Crippen molar-refractivity contribution in [1.29, 1.82) is 0 Å². The molecule has 1 N–H and O–H groups in total. The molecule has 0 bridgehead atoms. The fourth-order valence-corrected chi connectivity index (χ4v) is 3.58. The Morgan fingerprint density at radius 2 is 1.69 bits per heavy atom. The topological polar surface area (TPSA) is 29.1 Å². The Labute approximate surface area is 162 Å². The summed E-state index contributed by atoms with van der Waals surface area (Å²) in [6.07, 6.45) is 0. The van der Waals surface area contributed by atoms with E-state index in [0.717, 1.165) is 17.0 Å². The lowest BCUT2D eigenvalue weighted by Crippen LogP contribution is -2.38. The van der Waals surface area contributed by atoms with E-state index in [1.54, 1.807) is 0 Å². The number of hydrogen-bond donors (Lipinski definition) is 1. The Balaban J connectivity index is 1.98. The number of carbonyl (C=O) groups excluding carboxylic acids is 1. The minimum atomic E-state index is -0.888. The summed E-state index contributed by atoms with van der Waals surface area (Å²) < 4.78 is 27.4. The lowest BCUT2D eigenvalue weighted by Gasteiger charge is -2.19. The molecule has 0 heterocycles. The Morgan fingerprint density at radius 3 is 2.19 bits per heavy atom. The normalized spacial score (nSPS) is 12.7. The first-order chi connectivity index (χ1) is 12.2. The van der Waals surface area contributed by atoms with Gasteiger partial charge in [-0.25, -0.2) is 8.78 Å². The second-order valence-electron chi connectivity index (χ2n) is 7.01. The molecule has 2 nitrogen and oxygen atoms in total. The summed E-state index contributed by atoms with van der Waals surface area (Å²) in [5.74, 6) is -1.92. The third-order valence-electron chi connectivity index (χ3n) is 3.88. The average Bonchev–Trinajstić information content (AvgIpc) is 2.58. The highest BCUT2D eigenvalue weighted by Crippen LogP contribution is 2.26. The Morgan fingerprint density at radius 1 is 1.12 bits per heavy atom. The summed E-state index contributed by atoms with van der Waals surface area (Å²) in [7, 11) is 0. The Hall–Kier alpha value is -1.59. The van der Waals surface area contributed by atoms with Crippen LogP contribution in [-0.4, -0.2) is 23.6 Å². The smallest absolute Gasteiger partial charge is 0.257 e. The lowest BCUT2D eigenvalue weighted by atomic mass is 9.87. The highest BCUT2D eigenvalue weighted by Gasteiger charge is 2.20. The average molecular weight is 398 g/mol. The predicted octanol–water partition coefficient (Wildman–Crippen LogP) is 5.39. The molecule has 2 aromatic rings. The molecule has 1 unspecified atom stereocenters. The molecule has 0 radical (unpaired) electrons. The van der Waals surface area contributed by atoms with E-state index in [9.17, 15) is 13.6 Å². The van der Waals surface area contributed by atoms with Gasteiger partial charge in [0.25, 0.3) is 5.91 Å². The molecular formula is C20H22ClF2NOS. The number of amides is 1. The van der Waals surface area contributed by atoms with Crippen LogP contribution in [0.15, 0.2) is 47.4 Å². The van der Waals surface area contributed by atoms with Crippen LogP contribution in [0.2, 0.25) is 0 Å². The van der Waals surface area contributed by atoms with E-state index in [1.807, 2.05) is 12.1 Å². The number of hydrogen-bond acceptors (Lipinski definition) is 2. The van der Waals surface area contributed by atoms with E-state index >= 15 is 0 Å². The molecule has 26 heavy (non-hydrogen) atoms. The third kappa shape index (κ3) is 5.45. The third-order valence-corrected chi connectivity index (χ3v) is 5.43. The Bertz CT molecular complexity index is 739. The maximum atomic E-state index is 13.7. The zero-order valence-electron chi connectivity index (χ0n) is 15.0. The van der Waals surface area contributed by atoms with Gasteiger partial charge >= 0.3 is 0 Å². The number of thioether (sulfide) groups is 1. The van der Waals surface area contributed by atoms with Gasteiger partial charge in [-0.2, -0.15) is 0 Å². The fourth-order valence-electron chi connectivity index (χ4n) is 2.35. The number of alkyl halides is 1. The molecule has 2 rings (SSSR count). The monoisotopic (exact) mass is 397 g/mol. The highest BCUT2D eigenvalue weighted by molar-refractivity contribution is 7.99. The van der Waals surface area contributed by atoms with Crippen LogP contribution in [0.4, 0.5) is 8.78 Å². The molecule has 0 fully saturated rings. The van der Waals surface area contributed by atoms with E-state index < -0.39 is 29.1 Å². The molecule has 1 atom stereocenters. The van der Waals surface area contributed by atoms with E-state index in [2.05, 4.69) is 38.2 Å². The summed E-state index contributed by atoms with van der Waals surface area (Å²) in [5.41, 5.74) is 0.737. The van der Waals surface area contributed by atoms with Crippen LogP contribution in [0.5, 0.6) is 0 Å². The van der Waals surface area contributed by atoms with Gasteiger partial charge in [-0.15, -0.1) is 23.4 Å². The molecule has 0 saturated carbocycles. The lowest BCUT2D eigenvalue weighted by molar-refractivity contribution is 0.0935. The van der Waals surface area contributed by atoms with Gasteiger partial charge in [0.1, 0.15) is 17.2 Å². The minimum absolute atomic E-state index is 0.0830. The summed E-state index contributed by atoms with van der Waals surface area (Å²) in [4.78, 5) is 13.2. The molecule has 0 aliphatic carbocycles. The van der Waals surface area contributed by atoms with Crippen molar-refractivity contribution in [3.05, 3.63) is 65.2 Å². The number of carbonyl (C=O) groups is 1. The van der Waals surface area contributed by atoms with Gasteiger partial charge in [-0.1, -0.05) is 39.0 Å². The largest absolute Gasteiger partial charge is 0.347 e. The van der Waals surface area contributed by atoms with Crippen LogP contribution in [0.3, 0.4) is 0 Å². The summed E-state index contributed by atoms with van der Waals surface area (Å²) in [6.45, 7) is 6.45. The highest BCUT2D eigenvalue weighted by atomic mass is 35.5. The maximum absolute atomic E-state index is 13.7. The van der Waals surface area contributed by atoms with Crippen molar-refractivity contribution in [3.63, 3.8) is 0 Å². The molecular weight excluding hydrogens is 376 g/mol. The van der Waals surface area contributed by atoms with Gasteiger partial charge in [-0.3, -0.25) is 4.79 Å². The first-order valence-corrected chi connectivity index (χ1v) is 9.78. The van der Waals surface area contributed by atoms with Crippen LogP contribution in [0.1, 0.15) is 36.7 Å². The van der Waals surface area contributed by atoms with E-state index in [-0.39, 0.29) is 11.3 Å². The van der Waals surface area contributed by atoms with Crippen LogP contribution >= 0.6 is 23.4 Å². The van der Waals surface area contributed by atoms with Gasteiger partial charge in [0.2, 0.25) is 0 Å². The quantitative estimate of drug-likeness (QED) is 0.523. The summed E-state index contributed by atoms with van der Waals surface area (Å²) in [6, 6.07) is 11.1. The van der Waals surface area contributed by atoms with Crippen LogP contribution < -0.4 is 5.32 Å². The van der Waals surface area contributed by atoms with Crippen LogP contribution in [0.25, 0.3) is 0 Å². The first-order valence-electron chi connectivity index (χ1n) is 8.26. The van der Waals surface area contributed by atoms with Gasteiger partial charge in [-0.05, 0) is 35.2 Å². The van der Waals surface area contributed by atoms with Crippen molar-refractivity contribution in [2.45, 2.75) is 37.1 Å². The number of halogens is 3. The van der Waals surface area contributed by atoms with Crippen molar-refractivity contribution in [3.8, 4) is 0 Å². The molecule has 0 spiro atoms. The maximum Gasteiger partial charge on any atom is 0.257 e. The van der Waals surface area contributed by atoms with E-state index in [0.29, 0.717) is 5.75 Å². The first kappa shape index (κ1) is 20.7. The summed E-state index contributed by atoms with van der Waals surface area (Å²) in [5, 5.41) is 2.60. The summed E-state index contributed by atoms with van der Waals surface area (Å²) >= 11 is 7.45. The van der Waals surface area contributed by atoms with Crippen molar-refractivity contribution in [2.75, 3.05) is 11.6 Å². The van der Waals surface area contributed by atoms with Crippen molar-refractivity contribution in [1.82, 2.24) is 5.32 Å². The standard InChI is InChI=1S/C20H22ClF2NOS/c1-20(2,3)13-7-9-15(10-8-13)26-12-14(11-21)24-19(25)18-16(22)5-4-6-17(18)23/h4-10,14H,11-12H2,1-3H3,(H,24,25). The zero-order chi connectivity index (χ0) is 19.3. The molecule has 6 heteroatoms. The second-order valence-corrected chi connectivity index (χ2v) is 8.41. The van der Waals surface area contributed by atoms with E-state index in [4.69, 9.17) is 11.6 Å². The number of benzene rings is 2. The molecule has 0 aliphatic rings. The molecule has 140 valence electrons. The van der Waals surface area contributed by atoms with Crippen LogP contribution in [-0.2, 0) is 5.41 Å². The fraction of sp³-hybridized carbons (Fsp3) is 0.350. The predicted molar refractivity (Wildman–Crippen MR) is 104 cm³/mol. The molecule has 0 aliphatic heterocycles. The molecule has 0 aromatic heterocycles. The van der Waals surface area contributed by atoms with Crippen molar-refractivity contribution < 1.29 is 13.6 Å². The van der Waals surface area contributed by atoms with E-state index in [1.165, 1.54) is 23.4 Å². The van der Waals surface area contributed by atoms with Gasteiger partial charge in [0, 0.05) is 16.5 Å². The minimum Gasteiger partial charge on any atom is -0.347 e. The SMILES string of the molecule is CC(C)(C)c1ccc(SCC(CCl)NC(=O)c2c(F)cccc2F)cc1.